The third-order valence-corrected chi connectivity index (χ3v) is 5.55. The van der Waals surface area contributed by atoms with Gasteiger partial charge in [-0.25, -0.2) is 4.79 Å². The van der Waals surface area contributed by atoms with E-state index in [1.165, 1.54) is 25.3 Å². The Morgan fingerprint density at radius 1 is 1.00 bits per heavy atom. The molecule has 1 atom stereocenters. The molecule has 0 heterocycles. The van der Waals surface area contributed by atoms with Gasteiger partial charge in [-0.05, 0) is 60.6 Å². The Balaban J connectivity index is 2.12. The molecule has 0 N–H and O–H groups in total. The maximum absolute atomic E-state index is 13.5. The highest BCUT2D eigenvalue weighted by Gasteiger charge is 2.28. The van der Waals surface area contributed by atoms with Crippen LogP contribution in [0.2, 0.25) is 0 Å². The number of hydrogen-bond acceptors (Lipinski definition) is 5. The minimum Gasteiger partial charge on any atom is -0.496 e. The predicted octanol–water partition coefficient (Wildman–Crippen LogP) is 4.24. The van der Waals surface area contributed by atoms with Gasteiger partial charge in [0.05, 0.1) is 38.0 Å². The van der Waals surface area contributed by atoms with Gasteiger partial charge in [-0.15, -0.1) is 0 Å². The molecule has 5 heteroatoms. The molecule has 0 amide bonds. The Morgan fingerprint density at radius 2 is 1.75 bits per heavy atom. The molecule has 0 saturated carbocycles. The van der Waals surface area contributed by atoms with Gasteiger partial charge in [0.15, 0.2) is 0 Å². The summed E-state index contributed by atoms with van der Waals surface area (Å²) < 4.78 is 15.8. The van der Waals surface area contributed by atoms with Crippen molar-refractivity contribution in [2.75, 3.05) is 21.3 Å². The molecular weight excluding hydrogens is 356 g/mol. The summed E-state index contributed by atoms with van der Waals surface area (Å²) in [5, 5.41) is 0. The van der Waals surface area contributed by atoms with Crippen molar-refractivity contribution < 1.29 is 23.8 Å². The Morgan fingerprint density at radius 3 is 2.39 bits per heavy atom. The number of benzene rings is 2. The number of ether oxygens (including phenoxy) is 3. The summed E-state index contributed by atoms with van der Waals surface area (Å²) in [5.74, 6) is 0.625. The van der Waals surface area contributed by atoms with Crippen LogP contribution in [0.1, 0.15) is 57.2 Å². The predicted molar refractivity (Wildman–Crippen MR) is 107 cm³/mol. The summed E-state index contributed by atoms with van der Waals surface area (Å²) in [6, 6.07) is 8.78. The number of carbonyl (C=O) groups excluding carboxylic acids is 2. The van der Waals surface area contributed by atoms with E-state index in [9.17, 15) is 9.59 Å². The minimum absolute atomic E-state index is 0.178. The molecule has 2 aromatic carbocycles. The number of hydrogen-bond donors (Lipinski definition) is 0. The Hall–Kier alpha value is -2.82. The van der Waals surface area contributed by atoms with Crippen molar-refractivity contribution in [3.05, 3.63) is 58.1 Å². The molecule has 1 aliphatic rings. The zero-order chi connectivity index (χ0) is 20.3. The number of rotatable bonds is 6. The summed E-state index contributed by atoms with van der Waals surface area (Å²) in [6.07, 6.45) is 4.20. The van der Waals surface area contributed by atoms with E-state index >= 15 is 0 Å². The normalized spacial score (nSPS) is 15.5. The Labute approximate surface area is 165 Å². The third-order valence-electron chi connectivity index (χ3n) is 5.55. The van der Waals surface area contributed by atoms with Crippen LogP contribution >= 0.6 is 0 Å². The van der Waals surface area contributed by atoms with Crippen LogP contribution in [0.3, 0.4) is 0 Å². The van der Waals surface area contributed by atoms with Crippen LogP contribution in [0, 0.1) is 5.92 Å². The van der Waals surface area contributed by atoms with Crippen molar-refractivity contribution in [2.24, 2.45) is 5.92 Å². The van der Waals surface area contributed by atoms with E-state index in [1.807, 2.05) is 12.1 Å². The first kappa shape index (κ1) is 19.9. The van der Waals surface area contributed by atoms with Gasteiger partial charge < -0.3 is 14.2 Å². The Kier molecular flexibility index (Phi) is 6.02. The topological polar surface area (TPSA) is 61.8 Å². The lowest BCUT2D eigenvalue weighted by atomic mass is 9.81. The van der Waals surface area contributed by atoms with Crippen LogP contribution in [-0.2, 0) is 17.6 Å². The van der Waals surface area contributed by atoms with E-state index in [1.54, 1.807) is 25.3 Å². The quantitative estimate of drug-likeness (QED) is 0.552. The zero-order valence-corrected chi connectivity index (χ0v) is 16.8. The van der Waals surface area contributed by atoms with Gasteiger partial charge in [0.2, 0.25) is 5.78 Å². The number of carbonyl (C=O) groups is 2. The molecule has 0 saturated heterocycles. The fourth-order valence-corrected chi connectivity index (χ4v) is 3.91. The molecule has 0 radical (unpaired) electrons. The monoisotopic (exact) mass is 382 g/mol. The first-order valence-electron chi connectivity index (χ1n) is 9.53. The molecular formula is C23H26O5. The molecule has 0 bridgehead atoms. The number of esters is 1. The van der Waals surface area contributed by atoms with Crippen LogP contribution in [0.5, 0.6) is 11.5 Å². The van der Waals surface area contributed by atoms with E-state index in [0.717, 1.165) is 25.7 Å². The first-order chi connectivity index (χ1) is 13.5. The van der Waals surface area contributed by atoms with Gasteiger partial charge in [-0.3, -0.25) is 4.79 Å². The SMILES string of the molecule is CCC1CCc2cc(C(=O)c3c(OC)cccc3C(=O)OC)c(OC)cc2C1. The molecule has 1 unspecified atom stereocenters. The average molecular weight is 382 g/mol. The second-order valence-electron chi connectivity index (χ2n) is 7.04. The fraction of sp³-hybridized carbons (Fsp3) is 0.391. The largest absolute Gasteiger partial charge is 0.496 e. The van der Waals surface area contributed by atoms with Gasteiger partial charge in [0.25, 0.3) is 0 Å². The second kappa shape index (κ2) is 8.46. The average Bonchev–Trinajstić information content (AvgIpc) is 2.75. The standard InChI is InChI=1S/C23H26O5/c1-5-14-9-10-15-12-18(20(27-3)13-16(15)11-14)22(24)21-17(23(25)28-4)7-6-8-19(21)26-2/h6-8,12-14H,5,9-11H2,1-4H3. The van der Waals surface area contributed by atoms with Gasteiger partial charge in [-0.1, -0.05) is 19.4 Å². The fourth-order valence-electron chi connectivity index (χ4n) is 3.91. The summed E-state index contributed by atoms with van der Waals surface area (Å²) >= 11 is 0. The van der Waals surface area contributed by atoms with E-state index < -0.39 is 5.97 Å². The van der Waals surface area contributed by atoms with Gasteiger partial charge in [0, 0.05) is 0 Å². The number of methoxy groups -OCH3 is 3. The molecule has 2 aromatic rings. The van der Waals surface area contributed by atoms with Gasteiger partial charge in [0.1, 0.15) is 11.5 Å². The van der Waals surface area contributed by atoms with Crippen molar-refractivity contribution in [1.29, 1.82) is 0 Å². The number of fused-ring (bicyclic) bond motifs is 1. The van der Waals surface area contributed by atoms with E-state index in [0.29, 0.717) is 23.0 Å². The first-order valence-corrected chi connectivity index (χ1v) is 9.53. The molecule has 28 heavy (non-hydrogen) atoms. The molecule has 148 valence electrons. The maximum atomic E-state index is 13.5. The third kappa shape index (κ3) is 3.61. The number of aryl methyl sites for hydroxylation is 1. The summed E-state index contributed by atoms with van der Waals surface area (Å²) in [6.45, 7) is 2.21. The lowest BCUT2D eigenvalue weighted by molar-refractivity contribution is 0.0597. The molecule has 3 rings (SSSR count). The van der Waals surface area contributed by atoms with E-state index in [4.69, 9.17) is 14.2 Å². The molecule has 0 fully saturated rings. The summed E-state index contributed by atoms with van der Waals surface area (Å²) in [5.41, 5.74) is 3.21. The summed E-state index contributed by atoms with van der Waals surface area (Å²) in [4.78, 5) is 25.7. The van der Waals surface area contributed by atoms with Crippen LogP contribution in [0.25, 0.3) is 0 Å². The Bertz CT molecular complexity index is 900. The van der Waals surface area contributed by atoms with Gasteiger partial charge in [-0.2, -0.15) is 0 Å². The smallest absolute Gasteiger partial charge is 0.338 e. The molecule has 0 aliphatic heterocycles. The lowest BCUT2D eigenvalue weighted by Gasteiger charge is -2.25. The highest BCUT2D eigenvalue weighted by Crippen LogP contribution is 2.35. The van der Waals surface area contributed by atoms with Crippen molar-refractivity contribution in [1.82, 2.24) is 0 Å². The van der Waals surface area contributed by atoms with Crippen molar-refractivity contribution in [2.45, 2.75) is 32.6 Å². The van der Waals surface area contributed by atoms with Gasteiger partial charge >= 0.3 is 5.97 Å². The highest BCUT2D eigenvalue weighted by atomic mass is 16.5. The van der Waals surface area contributed by atoms with Crippen LogP contribution in [0.4, 0.5) is 0 Å². The number of ketones is 1. The van der Waals surface area contributed by atoms with Crippen LogP contribution < -0.4 is 9.47 Å². The van der Waals surface area contributed by atoms with E-state index in [-0.39, 0.29) is 16.9 Å². The highest BCUT2D eigenvalue weighted by molar-refractivity contribution is 6.17. The van der Waals surface area contributed by atoms with Crippen molar-refractivity contribution in [3.8, 4) is 11.5 Å². The second-order valence-corrected chi connectivity index (χ2v) is 7.04. The van der Waals surface area contributed by atoms with Crippen molar-refractivity contribution >= 4 is 11.8 Å². The molecule has 5 nitrogen and oxygen atoms in total. The summed E-state index contributed by atoms with van der Waals surface area (Å²) in [7, 11) is 4.32. The van der Waals surface area contributed by atoms with Crippen LogP contribution in [-0.4, -0.2) is 33.1 Å². The van der Waals surface area contributed by atoms with Crippen LogP contribution in [0.15, 0.2) is 30.3 Å². The molecule has 0 aromatic heterocycles. The maximum Gasteiger partial charge on any atom is 0.338 e. The minimum atomic E-state index is -0.579. The lowest BCUT2D eigenvalue weighted by Crippen LogP contribution is -2.17. The molecule has 1 aliphatic carbocycles. The van der Waals surface area contributed by atoms with Crippen molar-refractivity contribution in [3.63, 3.8) is 0 Å². The van der Waals surface area contributed by atoms with E-state index in [2.05, 4.69) is 6.92 Å². The zero-order valence-electron chi connectivity index (χ0n) is 16.8. The molecule has 0 spiro atoms.